The van der Waals surface area contributed by atoms with Crippen molar-refractivity contribution in [1.82, 2.24) is 0 Å². The number of carbonyl (C=O) groups is 4. The zero-order chi connectivity index (χ0) is 71.8. The molecule has 0 bridgehead atoms. The van der Waals surface area contributed by atoms with Gasteiger partial charge in [-0.25, -0.2) is 9.13 Å². The van der Waals surface area contributed by atoms with Crippen LogP contribution in [0, 0.1) is 0 Å². The van der Waals surface area contributed by atoms with Gasteiger partial charge in [-0.2, -0.15) is 0 Å². The van der Waals surface area contributed by atoms with Crippen LogP contribution in [0.3, 0.4) is 0 Å². The number of unbranched alkanes of at least 4 members (excludes halogenated alkanes) is 54. The number of carbonyl (C=O) groups excluding carboxylic acids is 4. The van der Waals surface area contributed by atoms with Crippen LogP contribution in [0.25, 0.3) is 0 Å². The molecule has 98 heavy (non-hydrogen) atoms. The van der Waals surface area contributed by atoms with E-state index < -0.39 is 97.5 Å². The maximum absolute atomic E-state index is 13.1. The first-order chi connectivity index (χ1) is 47.7. The molecule has 0 rings (SSSR count). The van der Waals surface area contributed by atoms with Crippen molar-refractivity contribution in [1.29, 1.82) is 0 Å². The first-order valence-electron chi connectivity index (χ1n) is 41.3. The molecule has 0 aromatic carbocycles. The molecule has 0 saturated carbocycles. The lowest BCUT2D eigenvalue weighted by Gasteiger charge is -2.21. The highest BCUT2D eigenvalue weighted by atomic mass is 31.2. The largest absolute Gasteiger partial charge is 0.472 e. The van der Waals surface area contributed by atoms with Gasteiger partial charge in [-0.15, -0.1) is 0 Å². The first-order valence-corrected chi connectivity index (χ1v) is 44.3. The molecular weight excluding hydrogens is 1280 g/mol. The molecule has 0 aromatic heterocycles. The number of phosphoric acid groups is 2. The highest BCUT2D eigenvalue weighted by molar-refractivity contribution is 7.47. The Morgan fingerprint density at radius 3 is 0.602 bits per heavy atom. The van der Waals surface area contributed by atoms with Crippen LogP contribution in [-0.4, -0.2) is 96.7 Å². The van der Waals surface area contributed by atoms with Crippen LogP contribution in [0.1, 0.15) is 426 Å². The van der Waals surface area contributed by atoms with Gasteiger partial charge in [-0.05, 0) is 25.7 Å². The third-order valence-corrected chi connectivity index (χ3v) is 20.5. The topological polar surface area (TPSA) is 237 Å². The molecule has 0 aromatic rings. The minimum Gasteiger partial charge on any atom is -0.462 e. The molecule has 3 N–H and O–H groups in total. The molecule has 0 aliphatic carbocycles. The monoisotopic (exact) mass is 1440 g/mol. The second-order valence-electron chi connectivity index (χ2n) is 28.5. The SMILES string of the molecule is CCCCCCCCCCCCCCCCCCCCCCCC(=O)O[C@H](COC(=O)CCCCCCCCCCCCCCC)COP(=O)(O)OC[C@@H](O)COP(=O)(O)OC[C@@H](COC(=O)CCCCCCCCCCCCCC)OC(=O)CCCCCCCCCCCCCC. The summed E-state index contributed by atoms with van der Waals surface area (Å²) in [7, 11) is -9.91. The van der Waals surface area contributed by atoms with Crippen LogP contribution in [0.4, 0.5) is 0 Å². The maximum Gasteiger partial charge on any atom is 0.472 e. The van der Waals surface area contributed by atoms with Crippen LogP contribution in [0.5, 0.6) is 0 Å². The van der Waals surface area contributed by atoms with Crippen molar-refractivity contribution < 1.29 is 80.2 Å². The Morgan fingerprint density at radius 2 is 0.408 bits per heavy atom. The molecule has 2 unspecified atom stereocenters. The summed E-state index contributed by atoms with van der Waals surface area (Å²) in [6, 6.07) is 0. The van der Waals surface area contributed by atoms with Gasteiger partial charge < -0.3 is 33.8 Å². The van der Waals surface area contributed by atoms with E-state index in [0.29, 0.717) is 25.7 Å². The number of hydrogen-bond acceptors (Lipinski definition) is 15. The summed E-state index contributed by atoms with van der Waals surface area (Å²) in [6.45, 7) is 5.01. The van der Waals surface area contributed by atoms with Gasteiger partial charge in [0.25, 0.3) is 0 Å². The summed E-state index contributed by atoms with van der Waals surface area (Å²) in [5.74, 6) is -2.11. The van der Waals surface area contributed by atoms with Gasteiger partial charge in [-0.3, -0.25) is 37.3 Å². The van der Waals surface area contributed by atoms with E-state index in [-0.39, 0.29) is 25.7 Å². The fraction of sp³-hybridized carbons (Fsp3) is 0.949. The molecule has 5 atom stereocenters. The summed E-state index contributed by atoms with van der Waals surface area (Å²) in [4.78, 5) is 72.9. The predicted octanol–water partition coefficient (Wildman–Crippen LogP) is 23.8. The van der Waals surface area contributed by atoms with Gasteiger partial charge in [0.1, 0.15) is 19.3 Å². The van der Waals surface area contributed by atoms with Gasteiger partial charge in [-0.1, -0.05) is 374 Å². The molecule has 0 aliphatic heterocycles. The van der Waals surface area contributed by atoms with Gasteiger partial charge in [0.05, 0.1) is 26.4 Å². The molecular formula is C79H154O17P2. The molecule has 0 spiro atoms. The summed E-state index contributed by atoms with van der Waals surface area (Å²) >= 11 is 0. The molecule has 0 aliphatic rings. The molecule has 0 saturated heterocycles. The van der Waals surface area contributed by atoms with E-state index in [1.165, 1.54) is 257 Å². The van der Waals surface area contributed by atoms with E-state index in [9.17, 15) is 43.2 Å². The number of hydrogen-bond donors (Lipinski definition) is 3. The lowest BCUT2D eigenvalue weighted by atomic mass is 10.0. The number of aliphatic hydroxyl groups excluding tert-OH is 1. The van der Waals surface area contributed by atoms with Crippen molar-refractivity contribution in [3.05, 3.63) is 0 Å². The van der Waals surface area contributed by atoms with Crippen molar-refractivity contribution >= 4 is 39.5 Å². The van der Waals surface area contributed by atoms with Crippen LogP contribution in [0.2, 0.25) is 0 Å². The van der Waals surface area contributed by atoms with E-state index >= 15 is 0 Å². The van der Waals surface area contributed by atoms with Crippen molar-refractivity contribution in [2.45, 2.75) is 444 Å². The molecule has 0 heterocycles. The molecule has 0 amide bonds. The summed E-state index contributed by atoms with van der Waals surface area (Å²) in [5.41, 5.74) is 0. The molecule has 582 valence electrons. The number of phosphoric ester groups is 2. The second-order valence-corrected chi connectivity index (χ2v) is 31.4. The lowest BCUT2D eigenvalue weighted by Crippen LogP contribution is -2.30. The van der Waals surface area contributed by atoms with Crippen LogP contribution >= 0.6 is 15.6 Å². The van der Waals surface area contributed by atoms with E-state index in [0.717, 1.165) is 89.9 Å². The molecule has 0 fully saturated rings. The second kappa shape index (κ2) is 73.4. The first kappa shape index (κ1) is 96.1. The van der Waals surface area contributed by atoms with Gasteiger partial charge in [0.15, 0.2) is 12.2 Å². The summed E-state index contributed by atoms with van der Waals surface area (Å²) in [6.07, 6.45) is 65.1. The Bertz CT molecular complexity index is 1860. The number of aliphatic hydroxyl groups is 1. The van der Waals surface area contributed by atoms with E-state index in [1.54, 1.807) is 0 Å². The fourth-order valence-electron chi connectivity index (χ4n) is 12.3. The third-order valence-electron chi connectivity index (χ3n) is 18.6. The number of esters is 4. The maximum atomic E-state index is 13.1. The molecule has 19 heteroatoms. The highest BCUT2D eigenvalue weighted by Gasteiger charge is 2.30. The zero-order valence-electron chi connectivity index (χ0n) is 63.8. The van der Waals surface area contributed by atoms with Crippen LogP contribution < -0.4 is 0 Å². The number of rotatable bonds is 80. The average molecular weight is 1440 g/mol. The van der Waals surface area contributed by atoms with Crippen molar-refractivity contribution in [2.24, 2.45) is 0 Å². The summed E-state index contributed by atoms with van der Waals surface area (Å²) in [5, 5.41) is 10.6. The Hall–Kier alpha value is -1.94. The van der Waals surface area contributed by atoms with E-state index in [1.807, 2.05) is 0 Å². The van der Waals surface area contributed by atoms with Crippen molar-refractivity contribution in [2.75, 3.05) is 39.6 Å². The van der Waals surface area contributed by atoms with Gasteiger partial charge >= 0.3 is 39.5 Å². The predicted molar refractivity (Wildman–Crippen MR) is 400 cm³/mol. The van der Waals surface area contributed by atoms with Crippen LogP contribution in [0.15, 0.2) is 0 Å². The highest BCUT2D eigenvalue weighted by Crippen LogP contribution is 2.45. The average Bonchev–Trinajstić information content (AvgIpc) is 1.04. The van der Waals surface area contributed by atoms with Crippen LogP contribution in [-0.2, 0) is 65.4 Å². The zero-order valence-corrected chi connectivity index (χ0v) is 65.6. The number of ether oxygens (including phenoxy) is 4. The molecule has 0 radical (unpaired) electrons. The lowest BCUT2D eigenvalue weighted by molar-refractivity contribution is -0.161. The third kappa shape index (κ3) is 72.4. The smallest absolute Gasteiger partial charge is 0.462 e. The van der Waals surface area contributed by atoms with Crippen molar-refractivity contribution in [3.63, 3.8) is 0 Å². The van der Waals surface area contributed by atoms with Gasteiger partial charge in [0.2, 0.25) is 0 Å². The Morgan fingerprint density at radius 1 is 0.245 bits per heavy atom. The van der Waals surface area contributed by atoms with E-state index in [2.05, 4.69) is 27.7 Å². The molecule has 17 nitrogen and oxygen atoms in total. The Labute approximate surface area is 600 Å². The fourth-order valence-corrected chi connectivity index (χ4v) is 13.9. The Kier molecular flexibility index (Phi) is 71.9. The normalized spacial score (nSPS) is 13.8. The summed E-state index contributed by atoms with van der Waals surface area (Å²) < 4.78 is 68.6. The van der Waals surface area contributed by atoms with Gasteiger partial charge in [0, 0.05) is 25.7 Å². The minimum atomic E-state index is -4.96. The minimum absolute atomic E-state index is 0.108. The van der Waals surface area contributed by atoms with Crippen molar-refractivity contribution in [3.8, 4) is 0 Å². The standard InChI is InChI=1S/C79H154O17P2/c1-5-9-13-17-21-25-29-33-34-35-36-37-38-39-40-42-46-50-54-58-62-66-79(84)96-75(70-90-77(82)64-60-56-52-48-45-41-30-26-22-18-14-10-6-2)72-94-98(87,88)92-68-73(80)67-91-97(85,86)93-71-74(95-78(83)65-61-57-53-49-44-32-28-24-20-16-12-8-4)69-89-76(81)63-59-55-51-47-43-31-27-23-19-15-11-7-3/h73-75,80H,5-72H2,1-4H3,(H,85,86)(H,87,88)/t73-,74+,75+/m0/s1. The van der Waals surface area contributed by atoms with E-state index in [4.69, 9.17) is 37.0 Å². The Balaban J connectivity index is 5.20. The quantitative estimate of drug-likeness (QED) is 0.0222.